The van der Waals surface area contributed by atoms with Crippen molar-refractivity contribution >= 4 is 34.5 Å². The smallest absolute Gasteiger partial charge is 0.223 e. The number of fused-ring (bicyclic) bond motifs is 1. The van der Waals surface area contributed by atoms with E-state index in [-0.39, 0.29) is 11.8 Å². The number of amides is 1. The fraction of sp³-hybridized carbons (Fsp3) is 0.684. The average Bonchev–Trinajstić information content (AvgIpc) is 3.36. The molecule has 2 aromatic rings. The average molecular weight is 407 g/mol. The van der Waals surface area contributed by atoms with Gasteiger partial charge in [-0.05, 0) is 25.5 Å². The van der Waals surface area contributed by atoms with Crippen molar-refractivity contribution in [3.05, 3.63) is 6.20 Å². The summed E-state index contributed by atoms with van der Waals surface area (Å²) >= 11 is 1.60. The Morgan fingerprint density at radius 3 is 2.86 bits per heavy atom. The van der Waals surface area contributed by atoms with E-state index in [2.05, 4.69) is 32.6 Å². The number of nitrogens with zero attached hydrogens (tertiary/aromatic N) is 4. The minimum atomic E-state index is 0.170. The summed E-state index contributed by atoms with van der Waals surface area (Å²) < 4.78 is 7.24. The number of ether oxygens (including phenoxy) is 1. The van der Waals surface area contributed by atoms with E-state index < -0.39 is 0 Å². The van der Waals surface area contributed by atoms with Gasteiger partial charge in [0.05, 0.1) is 24.7 Å². The van der Waals surface area contributed by atoms with Gasteiger partial charge < -0.3 is 15.4 Å². The van der Waals surface area contributed by atoms with Crippen LogP contribution in [0.2, 0.25) is 0 Å². The van der Waals surface area contributed by atoms with Crippen LogP contribution < -0.4 is 10.6 Å². The summed E-state index contributed by atoms with van der Waals surface area (Å²) in [6.45, 7) is 7.21. The highest BCUT2D eigenvalue weighted by Gasteiger charge is 2.22. The summed E-state index contributed by atoms with van der Waals surface area (Å²) in [5.74, 6) is 2.03. The zero-order valence-corrected chi connectivity index (χ0v) is 17.6. The van der Waals surface area contributed by atoms with Gasteiger partial charge in [-0.1, -0.05) is 31.5 Å². The van der Waals surface area contributed by atoms with E-state index in [4.69, 9.17) is 4.74 Å². The molecule has 28 heavy (non-hydrogen) atoms. The van der Waals surface area contributed by atoms with Crippen LogP contribution in [-0.2, 0) is 16.1 Å². The number of hydrogen-bond donors (Lipinski definition) is 2. The van der Waals surface area contributed by atoms with Crippen molar-refractivity contribution in [3.63, 3.8) is 0 Å². The van der Waals surface area contributed by atoms with Gasteiger partial charge in [-0.15, -0.1) is 0 Å². The molecule has 0 aliphatic heterocycles. The molecular formula is C19H30N6O2S. The van der Waals surface area contributed by atoms with Crippen LogP contribution in [0, 0.1) is 5.92 Å². The van der Waals surface area contributed by atoms with Gasteiger partial charge in [0.25, 0.3) is 0 Å². The second-order valence-electron chi connectivity index (χ2n) is 6.79. The van der Waals surface area contributed by atoms with Gasteiger partial charge in [0.15, 0.2) is 10.8 Å². The molecule has 2 aromatic heterocycles. The molecule has 0 spiro atoms. The molecule has 2 heterocycles. The Balaban J connectivity index is 1.67. The molecule has 1 aliphatic rings. The number of aromatic nitrogens is 4. The van der Waals surface area contributed by atoms with Crippen LogP contribution in [0.1, 0.15) is 39.5 Å². The molecule has 3 rings (SSSR count). The number of thioether (sulfide) groups is 1. The summed E-state index contributed by atoms with van der Waals surface area (Å²) in [6.07, 6.45) is 6.14. The van der Waals surface area contributed by atoms with Crippen LogP contribution in [0.25, 0.3) is 11.0 Å². The zero-order valence-electron chi connectivity index (χ0n) is 16.7. The van der Waals surface area contributed by atoms with Gasteiger partial charge in [-0.25, -0.2) is 14.6 Å². The molecule has 0 aromatic carbocycles. The zero-order chi connectivity index (χ0) is 19.8. The lowest BCUT2D eigenvalue weighted by Gasteiger charge is -2.11. The van der Waals surface area contributed by atoms with Gasteiger partial charge in [0.2, 0.25) is 5.91 Å². The minimum absolute atomic E-state index is 0.170. The quantitative estimate of drug-likeness (QED) is 0.337. The molecular weight excluding hydrogens is 376 g/mol. The second-order valence-corrected chi connectivity index (χ2v) is 8.02. The Morgan fingerprint density at radius 2 is 2.11 bits per heavy atom. The number of anilines is 1. The molecule has 0 radical (unpaired) electrons. The third-order valence-electron chi connectivity index (χ3n) is 4.84. The number of nitrogens with one attached hydrogen (secondary N) is 2. The molecule has 2 N–H and O–H groups in total. The molecule has 8 nitrogen and oxygen atoms in total. The van der Waals surface area contributed by atoms with Gasteiger partial charge in [-0.3, -0.25) is 4.79 Å². The molecule has 1 aliphatic carbocycles. The molecule has 154 valence electrons. The second kappa shape index (κ2) is 10.6. The van der Waals surface area contributed by atoms with Gasteiger partial charge in [0, 0.05) is 25.6 Å². The van der Waals surface area contributed by atoms with Crippen molar-refractivity contribution in [2.75, 3.05) is 37.4 Å². The normalized spacial score (nSPS) is 14.6. The highest BCUT2D eigenvalue weighted by Crippen LogP contribution is 2.25. The number of rotatable bonds is 11. The number of carbonyl (C=O) groups excluding carboxylic acids is 1. The molecule has 1 amide bonds. The predicted octanol–water partition coefficient (Wildman–Crippen LogP) is 2.69. The molecule has 0 atom stereocenters. The van der Waals surface area contributed by atoms with Crippen LogP contribution in [0.15, 0.2) is 11.4 Å². The van der Waals surface area contributed by atoms with Gasteiger partial charge in [0.1, 0.15) is 5.82 Å². The summed E-state index contributed by atoms with van der Waals surface area (Å²) in [5, 5.41) is 12.5. The van der Waals surface area contributed by atoms with E-state index in [0.717, 1.165) is 53.4 Å². The molecule has 0 saturated heterocycles. The predicted molar refractivity (Wildman–Crippen MR) is 112 cm³/mol. The maximum Gasteiger partial charge on any atom is 0.223 e. The summed E-state index contributed by atoms with van der Waals surface area (Å²) in [5.41, 5.74) is 0.792. The first-order chi connectivity index (χ1) is 13.7. The molecule has 1 fully saturated rings. The van der Waals surface area contributed by atoms with E-state index in [0.29, 0.717) is 32.8 Å². The van der Waals surface area contributed by atoms with Crippen LogP contribution in [0.5, 0.6) is 0 Å². The van der Waals surface area contributed by atoms with E-state index in [1.54, 1.807) is 18.0 Å². The fourth-order valence-electron chi connectivity index (χ4n) is 3.43. The Labute approximate surface area is 170 Å². The maximum atomic E-state index is 12.2. The topological polar surface area (TPSA) is 94.0 Å². The first-order valence-electron chi connectivity index (χ1n) is 10.2. The van der Waals surface area contributed by atoms with E-state index in [1.165, 1.54) is 0 Å². The molecule has 9 heteroatoms. The van der Waals surface area contributed by atoms with Crippen LogP contribution in [0.3, 0.4) is 0 Å². The highest BCUT2D eigenvalue weighted by molar-refractivity contribution is 7.99. The van der Waals surface area contributed by atoms with Crippen molar-refractivity contribution in [3.8, 4) is 0 Å². The van der Waals surface area contributed by atoms with E-state index in [1.807, 2.05) is 11.6 Å². The largest absolute Gasteiger partial charge is 0.380 e. The lowest BCUT2D eigenvalue weighted by molar-refractivity contribution is -0.124. The lowest BCUT2D eigenvalue weighted by Crippen LogP contribution is -2.32. The summed E-state index contributed by atoms with van der Waals surface area (Å²) in [4.78, 5) is 21.5. The Hall–Kier alpha value is -1.87. The highest BCUT2D eigenvalue weighted by atomic mass is 32.2. The van der Waals surface area contributed by atoms with Gasteiger partial charge >= 0.3 is 0 Å². The number of hydrogen-bond acceptors (Lipinski definition) is 7. The first kappa shape index (κ1) is 20.9. The number of carbonyl (C=O) groups is 1. The summed E-state index contributed by atoms with van der Waals surface area (Å²) in [6, 6.07) is 0. The van der Waals surface area contributed by atoms with Crippen molar-refractivity contribution in [1.82, 2.24) is 25.1 Å². The lowest BCUT2D eigenvalue weighted by atomic mass is 10.1. The van der Waals surface area contributed by atoms with Crippen LogP contribution >= 0.6 is 11.8 Å². The van der Waals surface area contributed by atoms with Crippen molar-refractivity contribution in [1.29, 1.82) is 0 Å². The molecule has 0 unspecified atom stereocenters. The fourth-order valence-corrected chi connectivity index (χ4v) is 4.00. The Morgan fingerprint density at radius 1 is 1.29 bits per heavy atom. The minimum Gasteiger partial charge on any atom is -0.380 e. The van der Waals surface area contributed by atoms with Crippen molar-refractivity contribution < 1.29 is 9.53 Å². The van der Waals surface area contributed by atoms with E-state index >= 15 is 0 Å². The van der Waals surface area contributed by atoms with Gasteiger partial charge in [-0.2, -0.15) is 5.10 Å². The maximum absolute atomic E-state index is 12.2. The Kier molecular flexibility index (Phi) is 7.90. The summed E-state index contributed by atoms with van der Waals surface area (Å²) in [7, 11) is 0. The van der Waals surface area contributed by atoms with Crippen LogP contribution in [-0.4, -0.2) is 57.7 Å². The van der Waals surface area contributed by atoms with Crippen LogP contribution in [0.4, 0.5) is 5.82 Å². The Bertz CT molecular complexity index is 775. The van der Waals surface area contributed by atoms with Crippen molar-refractivity contribution in [2.45, 2.75) is 51.2 Å². The first-order valence-corrected chi connectivity index (χ1v) is 11.2. The third-order valence-corrected chi connectivity index (χ3v) is 5.57. The monoisotopic (exact) mass is 406 g/mol. The van der Waals surface area contributed by atoms with Crippen molar-refractivity contribution in [2.24, 2.45) is 5.92 Å². The van der Waals surface area contributed by atoms with E-state index in [9.17, 15) is 4.79 Å². The molecule has 1 saturated carbocycles. The standard InChI is InChI=1S/C19H30N6O2S/c1-3-27-12-10-20-16-15-13-22-25(17(15)24-19(23-16)28-4-2)11-9-21-18(26)14-7-5-6-8-14/h13-14H,3-12H2,1-2H3,(H,21,26)(H,20,23,24). The SMILES string of the molecule is CCOCCNc1nc(SCC)nc2c1cnn2CCNC(=O)C1CCCC1. The molecule has 0 bridgehead atoms. The third kappa shape index (κ3) is 5.35.